The van der Waals surface area contributed by atoms with Crippen LogP contribution < -0.4 is 0 Å². The molecule has 1 saturated carbocycles. The van der Waals surface area contributed by atoms with Gasteiger partial charge in [0.1, 0.15) is 5.76 Å². The van der Waals surface area contributed by atoms with Crippen molar-refractivity contribution in [2.75, 3.05) is 6.61 Å². The molecule has 2 heteroatoms. The molecule has 12 heavy (non-hydrogen) atoms. The molecular formula is C10H10O2. The van der Waals surface area contributed by atoms with Crippen molar-refractivity contribution in [3.8, 4) is 0 Å². The van der Waals surface area contributed by atoms with Crippen molar-refractivity contribution in [3.05, 3.63) is 23.5 Å². The normalized spacial score (nSPS) is 37.2. The number of allylic oxidation sites excluding steroid dienone is 3. The third-order valence-electron chi connectivity index (χ3n) is 2.86. The van der Waals surface area contributed by atoms with E-state index in [4.69, 9.17) is 4.74 Å². The Balaban J connectivity index is 2.09. The fourth-order valence-corrected chi connectivity index (χ4v) is 2.10. The molecule has 1 aliphatic heterocycles. The van der Waals surface area contributed by atoms with Gasteiger partial charge >= 0.3 is 0 Å². The second-order valence-corrected chi connectivity index (χ2v) is 3.66. The molecule has 62 valence electrons. The zero-order chi connectivity index (χ0) is 8.13. The second-order valence-electron chi connectivity index (χ2n) is 3.66. The molecule has 0 aromatic carbocycles. The first-order valence-electron chi connectivity index (χ1n) is 4.44. The van der Waals surface area contributed by atoms with Crippen LogP contribution in [0.3, 0.4) is 0 Å². The quantitative estimate of drug-likeness (QED) is 0.538. The molecule has 3 rings (SSSR count). The van der Waals surface area contributed by atoms with Gasteiger partial charge in [0.2, 0.25) is 0 Å². The molecule has 0 radical (unpaired) electrons. The Hall–Kier alpha value is -1.05. The fourth-order valence-electron chi connectivity index (χ4n) is 2.10. The molecule has 1 fully saturated rings. The highest BCUT2D eigenvalue weighted by Crippen LogP contribution is 2.50. The van der Waals surface area contributed by atoms with E-state index in [0.717, 1.165) is 17.8 Å². The smallest absolute Gasteiger partial charge is 0.166 e. The van der Waals surface area contributed by atoms with Crippen LogP contribution in [-0.2, 0) is 9.53 Å². The number of rotatable bonds is 0. The van der Waals surface area contributed by atoms with Gasteiger partial charge in [-0.2, -0.15) is 0 Å². The maximum absolute atomic E-state index is 11.5. The fraction of sp³-hybridized carbons (Fsp3) is 0.500. The van der Waals surface area contributed by atoms with Gasteiger partial charge in [-0.3, -0.25) is 4.79 Å². The van der Waals surface area contributed by atoms with Crippen LogP contribution in [0.1, 0.15) is 12.8 Å². The summed E-state index contributed by atoms with van der Waals surface area (Å²) in [5.41, 5.74) is 0.980. The maximum atomic E-state index is 11.5. The van der Waals surface area contributed by atoms with E-state index in [1.165, 1.54) is 0 Å². The van der Waals surface area contributed by atoms with E-state index in [1.807, 2.05) is 6.08 Å². The summed E-state index contributed by atoms with van der Waals surface area (Å²) in [5, 5.41) is 0. The number of carbonyl (C=O) groups is 1. The lowest BCUT2D eigenvalue weighted by atomic mass is 9.96. The molecule has 0 bridgehead atoms. The van der Waals surface area contributed by atoms with Gasteiger partial charge < -0.3 is 4.74 Å². The van der Waals surface area contributed by atoms with Crippen LogP contribution in [0.2, 0.25) is 0 Å². The van der Waals surface area contributed by atoms with Crippen LogP contribution in [0, 0.1) is 11.8 Å². The lowest BCUT2D eigenvalue weighted by molar-refractivity contribution is -0.118. The van der Waals surface area contributed by atoms with Gasteiger partial charge in [-0.25, -0.2) is 0 Å². The van der Waals surface area contributed by atoms with E-state index in [1.54, 1.807) is 0 Å². The van der Waals surface area contributed by atoms with Crippen LogP contribution in [-0.4, -0.2) is 12.4 Å². The molecule has 2 atom stereocenters. The van der Waals surface area contributed by atoms with Crippen molar-refractivity contribution in [1.82, 2.24) is 0 Å². The van der Waals surface area contributed by atoms with E-state index < -0.39 is 0 Å². The number of hydrogen-bond donors (Lipinski definition) is 0. The van der Waals surface area contributed by atoms with E-state index in [0.29, 0.717) is 30.6 Å². The summed E-state index contributed by atoms with van der Waals surface area (Å²) in [4.78, 5) is 11.5. The lowest BCUT2D eigenvalue weighted by Gasteiger charge is -2.20. The topological polar surface area (TPSA) is 26.3 Å². The highest BCUT2D eigenvalue weighted by atomic mass is 16.5. The van der Waals surface area contributed by atoms with E-state index in [2.05, 4.69) is 6.08 Å². The van der Waals surface area contributed by atoms with E-state index in [9.17, 15) is 4.79 Å². The molecule has 0 aromatic heterocycles. The van der Waals surface area contributed by atoms with Gasteiger partial charge in [0.15, 0.2) is 5.78 Å². The van der Waals surface area contributed by atoms with Gasteiger partial charge in [-0.15, -0.1) is 0 Å². The zero-order valence-corrected chi connectivity index (χ0v) is 6.75. The third kappa shape index (κ3) is 0.724. The summed E-state index contributed by atoms with van der Waals surface area (Å²) in [7, 11) is 0. The number of Topliss-reactive ketones (excluding diaryl/α,β-unsaturated/α-hetero) is 1. The first-order valence-corrected chi connectivity index (χ1v) is 4.44. The van der Waals surface area contributed by atoms with Crippen molar-refractivity contribution in [2.45, 2.75) is 12.8 Å². The Morgan fingerprint density at radius 2 is 2.42 bits per heavy atom. The van der Waals surface area contributed by atoms with Crippen molar-refractivity contribution in [3.63, 3.8) is 0 Å². The predicted molar refractivity (Wildman–Crippen MR) is 43.3 cm³/mol. The number of carbonyl (C=O) groups excluding carboxylic acids is 1. The van der Waals surface area contributed by atoms with Gasteiger partial charge in [0, 0.05) is 12.0 Å². The molecular weight excluding hydrogens is 152 g/mol. The van der Waals surface area contributed by atoms with Crippen LogP contribution in [0.25, 0.3) is 0 Å². The van der Waals surface area contributed by atoms with E-state index in [-0.39, 0.29) is 0 Å². The average Bonchev–Trinajstić information content (AvgIpc) is 2.82. The highest BCUT2D eigenvalue weighted by Gasteiger charge is 2.45. The highest BCUT2D eigenvalue weighted by molar-refractivity contribution is 5.98. The van der Waals surface area contributed by atoms with Crippen LogP contribution in [0.15, 0.2) is 23.5 Å². The summed E-state index contributed by atoms with van der Waals surface area (Å²) >= 11 is 0. The van der Waals surface area contributed by atoms with Gasteiger partial charge in [-0.1, -0.05) is 6.08 Å². The largest absolute Gasteiger partial charge is 0.493 e. The maximum Gasteiger partial charge on any atom is 0.166 e. The van der Waals surface area contributed by atoms with Gasteiger partial charge in [0.25, 0.3) is 0 Å². The zero-order valence-electron chi connectivity index (χ0n) is 6.75. The minimum atomic E-state index is 0.313. The number of ether oxygens (including phenoxy) is 1. The van der Waals surface area contributed by atoms with Crippen molar-refractivity contribution < 1.29 is 9.53 Å². The average molecular weight is 162 g/mol. The van der Waals surface area contributed by atoms with Crippen molar-refractivity contribution >= 4 is 5.78 Å². The van der Waals surface area contributed by atoms with Gasteiger partial charge in [-0.05, 0) is 24.3 Å². The van der Waals surface area contributed by atoms with Gasteiger partial charge in [0.05, 0.1) is 6.61 Å². The Morgan fingerprint density at radius 1 is 1.50 bits per heavy atom. The molecule has 2 aliphatic carbocycles. The predicted octanol–water partition coefficient (Wildman–Crippen LogP) is 1.44. The van der Waals surface area contributed by atoms with E-state index >= 15 is 0 Å². The summed E-state index contributed by atoms with van der Waals surface area (Å²) in [6.07, 6.45) is 5.88. The third-order valence-corrected chi connectivity index (χ3v) is 2.86. The van der Waals surface area contributed by atoms with Crippen LogP contribution >= 0.6 is 0 Å². The molecule has 0 saturated heterocycles. The molecule has 2 nitrogen and oxygen atoms in total. The lowest BCUT2D eigenvalue weighted by Crippen LogP contribution is -2.19. The molecule has 1 heterocycles. The number of fused-ring (bicyclic) bond motifs is 2. The second kappa shape index (κ2) is 2.00. The molecule has 0 spiro atoms. The summed E-state index contributed by atoms with van der Waals surface area (Å²) in [5.74, 6) is 2.32. The Bertz CT molecular complexity index is 312. The SMILES string of the molecule is O=C1CCOC2=C1C1CC1C=C2. The first-order chi connectivity index (χ1) is 5.86. The minimum Gasteiger partial charge on any atom is -0.493 e. The van der Waals surface area contributed by atoms with Crippen LogP contribution in [0.5, 0.6) is 0 Å². The molecule has 2 unspecified atom stereocenters. The first kappa shape index (κ1) is 6.46. The number of ketones is 1. The number of hydrogen-bond acceptors (Lipinski definition) is 2. The monoisotopic (exact) mass is 162 g/mol. The minimum absolute atomic E-state index is 0.313. The van der Waals surface area contributed by atoms with Crippen molar-refractivity contribution in [1.29, 1.82) is 0 Å². The molecule has 3 aliphatic rings. The Kier molecular flexibility index (Phi) is 1.08. The molecule has 0 N–H and O–H groups in total. The van der Waals surface area contributed by atoms with Crippen LogP contribution in [0.4, 0.5) is 0 Å². The Morgan fingerprint density at radius 3 is 3.33 bits per heavy atom. The summed E-state index contributed by atoms with van der Waals surface area (Å²) in [6.45, 7) is 0.569. The molecule has 0 amide bonds. The summed E-state index contributed by atoms with van der Waals surface area (Å²) in [6, 6.07) is 0. The molecule has 0 aromatic rings. The Labute approximate surface area is 70.9 Å². The standard InChI is InChI=1S/C10H10O2/c11-8-3-4-12-9-2-1-6-5-7(6)10(8)9/h1-2,6-7H,3-5H2. The summed E-state index contributed by atoms with van der Waals surface area (Å²) < 4.78 is 5.42. The van der Waals surface area contributed by atoms with Crippen molar-refractivity contribution in [2.24, 2.45) is 11.8 Å².